The van der Waals surface area contributed by atoms with Crippen LogP contribution in [0, 0.1) is 0 Å². The summed E-state index contributed by atoms with van der Waals surface area (Å²) in [5, 5.41) is 0.603. The summed E-state index contributed by atoms with van der Waals surface area (Å²) in [6.45, 7) is 3.59. The Balaban J connectivity index is 1.83. The number of nitrogens with zero attached hydrogens (tertiary/aromatic N) is 2. The second-order valence-electron chi connectivity index (χ2n) is 5.83. The first-order valence-corrected chi connectivity index (χ1v) is 9.66. The van der Waals surface area contributed by atoms with E-state index in [-0.39, 0.29) is 5.91 Å². The van der Waals surface area contributed by atoms with E-state index in [2.05, 4.69) is 4.99 Å². The Hall–Kier alpha value is -2.51. The molecule has 0 N–H and O–H groups in total. The largest absolute Gasteiger partial charge is 0.495 e. The molecule has 1 aliphatic rings. The predicted octanol–water partition coefficient (Wildman–Crippen LogP) is 3.90. The van der Waals surface area contributed by atoms with E-state index in [9.17, 15) is 4.79 Å². The minimum absolute atomic E-state index is 0.351. The van der Waals surface area contributed by atoms with E-state index in [1.54, 1.807) is 31.4 Å². The summed E-state index contributed by atoms with van der Waals surface area (Å²) in [6.07, 6.45) is 0. The van der Waals surface area contributed by atoms with Gasteiger partial charge in [0.05, 0.1) is 16.8 Å². The van der Waals surface area contributed by atoms with Crippen LogP contribution in [-0.2, 0) is 6.54 Å². The first kappa shape index (κ1) is 17.9. The van der Waals surface area contributed by atoms with Gasteiger partial charge in [0.15, 0.2) is 16.3 Å². The third-order valence-electron chi connectivity index (χ3n) is 4.26. The van der Waals surface area contributed by atoms with Gasteiger partial charge < -0.3 is 18.8 Å². The molecule has 0 unspecified atom stereocenters. The summed E-state index contributed by atoms with van der Waals surface area (Å²) < 4.78 is 19.3. The second-order valence-corrected chi connectivity index (χ2v) is 7.22. The zero-order valence-electron chi connectivity index (χ0n) is 14.8. The van der Waals surface area contributed by atoms with Crippen LogP contribution in [0.5, 0.6) is 17.2 Å². The molecule has 27 heavy (non-hydrogen) atoms. The molecule has 2 aromatic carbocycles. The number of carbonyl (C=O) groups is 1. The molecule has 0 atom stereocenters. The van der Waals surface area contributed by atoms with Crippen molar-refractivity contribution in [3.63, 3.8) is 0 Å². The van der Waals surface area contributed by atoms with Gasteiger partial charge in [-0.15, -0.1) is 0 Å². The average Bonchev–Trinajstić information content (AvgIpc) is 3.07. The Morgan fingerprint density at radius 3 is 2.78 bits per heavy atom. The van der Waals surface area contributed by atoms with E-state index in [0.717, 1.165) is 10.2 Å². The van der Waals surface area contributed by atoms with Gasteiger partial charge in [-0.25, -0.2) is 0 Å². The van der Waals surface area contributed by atoms with Crippen LogP contribution in [-0.4, -0.2) is 30.8 Å². The molecule has 0 spiro atoms. The Labute approximate surface area is 164 Å². The van der Waals surface area contributed by atoms with Crippen molar-refractivity contribution in [3.05, 3.63) is 45.7 Å². The van der Waals surface area contributed by atoms with Crippen LogP contribution in [0.15, 0.2) is 35.3 Å². The molecule has 0 saturated carbocycles. The van der Waals surface area contributed by atoms with Crippen molar-refractivity contribution in [1.82, 2.24) is 4.57 Å². The van der Waals surface area contributed by atoms with Crippen LogP contribution >= 0.6 is 22.9 Å². The van der Waals surface area contributed by atoms with Gasteiger partial charge in [0.25, 0.3) is 5.91 Å². The van der Waals surface area contributed by atoms with Crippen LogP contribution in [0.25, 0.3) is 10.2 Å². The molecule has 8 heteroatoms. The molecule has 2 heterocycles. The normalized spacial score (nSPS) is 13.8. The van der Waals surface area contributed by atoms with Crippen LogP contribution in [0.2, 0.25) is 5.02 Å². The van der Waals surface area contributed by atoms with Gasteiger partial charge in [-0.2, -0.15) is 4.99 Å². The highest BCUT2D eigenvalue weighted by molar-refractivity contribution is 7.17. The number of aromatic nitrogens is 1. The number of amides is 1. The molecule has 140 valence electrons. The maximum atomic E-state index is 12.8. The number of rotatable bonds is 3. The Morgan fingerprint density at radius 2 is 2.04 bits per heavy atom. The number of benzene rings is 2. The Bertz CT molecular complexity index is 1100. The first-order chi connectivity index (χ1) is 13.1. The monoisotopic (exact) mass is 404 g/mol. The molecule has 0 saturated heterocycles. The third-order valence-corrected chi connectivity index (χ3v) is 5.80. The Kier molecular flexibility index (Phi) is 4.80. The summed E-state index contributed by atoms with van der Waals surface area (Å²) in [7, 11) is 1.61. The second kappa shape index (κ2) is 7.25. The fraction of sp³-hybridized carbons (Fsp3) is 0.263. The lowest BCUT2D eigenvalue weighted by Crippen LogP contribution is -2.17. The number of thiazole rings is 1. The molecule has 4 rings (SSSR count). The quantitative estimate of drug-likeness (QED) is 0.664. The van der Waals surface area contributed by atoms with Crippen molar-refractivity contribution in [2.24, 2.45) is 4.99 Å². The number of ether oxygens (including phenoxy) is 3. The maximum Gasteiger partial charge on any atom is 0.279 e. The van der Waals surface area contributed by atoms with E-state index < -0.39 is 0 Å². The predicted molar refractivity (Wildman–Crippen MR) is 104 cm³/mol. The van der Waals surface area contributed by atoms with Gasteiger partial charge in [0, 0.05) is 12.1 Å². The summed E-state index contributed by atoms with van der Waals surface area (Å²) in [5.41, 5.74) is 1.28. The number of hydrogen-bond donors (Lipinski definition) is 0. The molecule has 0 bridgehead atoms. The number of fused-ring (bicyclic) bond motifs is 2. The first-order valence-electron chi connectivity index (χ1n) is 8.47. The fourth-order valence-corrected chi connectivity index (χ4v) is 4.38. The minimum Gasteiger partial charge on any atom is -0.495 e. The van der Waals surface area contributed by atoms with Crippen LogP contribution in [0.3, 0.4) is 0 Å². The molecule has 6 nitrogen and oxygen atoms in total. The fourth-order valence-electron chi connectivity index (χ4n) is 2.99. The van der Waals surface area contributed by atoms with Gasteiger partial charge in [-0.1, -0.05) is 22.9 Å². The number of methoxy groups -OCH3 is 1. The van der Waals surface area contributed by atoms with Crippen LogP contribution in [0.4, 0.5) is 0 Å². The van der Waals surface area contributed by atoms with Crippen molar-refractivity contribution in [1.29, 1.82) is 0 Å². The molecule has 0 aliphatic carbocycles. The summed E-state index contributed by atoms with van der Waals surface area (Å²) in [5.74, 6) is 1.54. The lowest BCUT2D eigenvalue weighted by molar-refractivity contribution is 0.0996. The number of hydrogen-bond acceptors (Lipinski definition) is 5. The molecule has 1 amide bonds. The third kappa shape index (κ3) is 3.17. The van der Waals surface area contributed by atoms with E-state index in [1.165, 1.54) is 11.3 Å². The van der Waals surface area contributed by atoms with E-state index in [0.29, 0.717) is 52.4 Å². The van der Waals surface area contributed by atoms with E-state index in [1.807, 2.05) is 17.6 Å². The highest BCUT2D eigenvalue weighted by Gasteiger charge is 2.17. The van der Waals surface area contributed by atoms with Gasteiger partial charge in [0.2, 0.25) is 0 Å². The van der Waals surface area contributed by atoms with Gasteiger partial charge in [0.1, 0.15) is 24.5 Å². The van der Waals surface area contributed by atoms with Gasteiger partial charge in [-0.3, -0.25) is 4.79 Å². The van der Waals surface area contributed by atoms with Crippen molar-refractivity contribution >= 4 is 39.1 Å². The van der Waals surface area contributed by atoms with Crippen LogP contribution in [0.1, 0.15) is 17.3 Å². The molecule has 0 radical (unpaired) electrons. The maximum absolute atomic E-state index is 12.8. The number of halogens is 1. The molecular formula is C19H17ClN2O4S. The zero-order chi connectivity index (χ0) is 19.0. The molecule has 1 aromatic heterocycles. The highest BCUT2D eigenvalue weighted by atomic mass is 35.5. The minimum atomic E-state index is -0.351. The average molecular weight is 405 g/mol. The van der Waals surface area contributed by atoms with Gasteiger partial charge >= 0.3 is 0 Å². The highest BCUT2D eigenvalue weighted by Crippen LogP contribution is 2.34. The van der Waals surface area contributed by atoms with Crippen molar-refractivity contribution in [2.45, 2.75) is 13.5 Å². The van der Waals surface area contributed by atoms with E-state index in [4.69, 9.17) is 25.8 Å². The molecule has 0 fully saturated rings. The number of carbonyl (C=O) groups excluding carboxylic acids is 1. The lowest BCUT2D eigenvalue weighted by Gasteiger charge is -2.18. The molecular weight excluding hydrogens is 388 g/mol. The van der Waals surface area contributed by atoms with E-state index >= 15 is 0 Å². The topological polar surface area (TPSA) is 62.1 Å². The molecule has 3 aromatic rings. The summed E-state index contributed by atoms with van der Waals surface area (Å²) >= 11 is 7.71. The smallest absolute Gasteiger partial charge is 0.279 e. The number of aryl methyl sites for hydroxylation is 1. The summed E-state index contributed by atoms with van der Waals surface area (Å²) in [4.78, 5) is 17.7. The van der Waals surface area contributed by atoms with Gasteiger partial charge in [-0.05, 0) is 37.3 Å². The molecule has 1 aliphatic heterocycles. The van der Waals surface area contributed by atoms with Crippen LogP contribution < -0.4 is 19.0 Å². The summed E-state index contributed by atoms with van der Waals surface area (Å²) in [6, 6.07) is 8.69. The Morgan fingerprint density at radius 1 is 1.26 bits per heavy atom. The van der Waals surface area contributed by atoms with Crippen molar-refractivity contribution < 1.29 is 19.0 Å². The SMILES string of the molecule is CCn1c(=NC(=O)c2ccc3c(c2)OCCO3)sc2c(Cl)ccc(OC)c21. The lowest BCUT2D eigenvalue weighted by atomic mass is 10.2. The zero-order valence-corrected chi connectivity index (χ0v) is 16.4. The van der Waals surface area contributed by atoms with Crippen molar-refractivity contribution in [3.8, 4) is 17.2 Å². The van der Waals surface area contributed by atoms with Crippen molar-refractivity contribution in [2.75, 3.05) is 20.3 Å². The standard InChI is InChI=1S/C19H17ClN2O4S/c1-3-22-16-14(24-2)7-5-12(20)17(16)27-19(22)21-18(23)11-4-6-13-15(10-11)26-9-8-25-13/h4-7,10H,3,8-9H2,1-2H3.